The number of nitrogens with zero attached hydrogens (tertiary/aromatic N) is 3. The minimum Gasteiger partial charge on any atom is -0.478 e. The molecule has 1 saturated heterocycles. The van der Waals surface area contributed by atoms with Crippen LogP contribution in [-0.4, -0.2) is 44.5 Å². The maximum atomic E-state index is 13.1. The highest BCUT2D eigenvalue weighted by Gasteiger charge is 2.28. The van der Waals surface area contributed by atoms with Crippen LogP contribution in [0.1, 0.15) is 45.2 Å². The summed E-state index contributed by atoms with van der Waals surface area (Å²) in [4.78, 5) is 43.1. The van der Waals surface area contributed by atoms with E-state index in [1.807, 2.05) is 18.2 Å². The van der Waals surface area contributed by atoms with Gasteiger partial charge in [-0.25, -0.2) is 9.78 Å². The number of likely N-dealkylation sites (tertiary alicyclic amines) is 1. The highest BCUT2D eigenvalue weighted by atomic mass is 16.4. The molecule has 2 heterocycles. The summed E-state index contributed by atoms with van der Waals surface area (Å²) < 4.78 is 1.45. The predicted octanol–water partition coefficient (Wildman–Crippen LogP) is 2.65. The van der Waals surface area contributed by atoms with Crippen LogP contribution in [0.25, 0.3) is 11.0 Å². The predicted molar refractivity (Wildman–Crippen MR) is 108 cm³/mol. The summed E-state index contributed by atoms with van der Waals surface area (Å²) in [6.07, 6.45) is 1.64. The van der Waals surface area contributed by atoms with Gasteiger partial charge in [-0.05, 0) is 42.7 Å². The van der Waals surface area contributed by atoms with Crippen LogP contribution >= 0.6 is 0 Å². The number of piperidine rings is 1. The number of carboxylic acids is 1. The Balaban J connectivity index is 1.64. The Hall–Kier alpha value is -3.48. The molecule has 1 fully saturated rings. The number of amides is 1. The van der Waals surface area contributed by atoms with Gasteiger partial charge in [-0.3, -0.25) is 9.59 Å². The molecule has 29 heavy (non-hydrogen) atoms. The normalized spacial score (nSPS) is 16.7. The quantitative estimate of drug-likeness (QED) is 0.741. The Kier molecular flexibility index (Phi) is 4.88. The lowest BCUT2D eigenvalue weighted by atomic mass is 9.89. The molecule has 0 radical (unpaired) electrons. The Morgan fingerprint density at radius 1 is 1.14 bits per heavy atom. The molecule has 3 aromatic rings. The van der Waals surface area contributed by atoms with Crippen molar-refractivity contribution >= 4 is 22.9 Å². The van der Waals surface area contributed by atoms with Gasteiger partial charge in [-0.2, -0.15) is 0 Å². The molecular weight excluding hydrogens is 370 g/mol. The van der Waals surface area contributed by atoms with Gasteiger partial charge in [0.05, 0.1) is 16.6 Å². The fourth-order valence-corrected chi connectivity index (χ4v) is 3.93. The second-order valence-corrected chi connectivity index (χ2v) is 7.33. The first-order valence-electron chi connectivity index (χ1n) is 9.54. The Morgan fingerprint density at radius 2 is 1.93 bits per heavy atom. The number of hydrogen-bond acceptors (Lipinski definition) is 4. The monoisotopic (exact) mass is 391 g/mol. The minimum absolute atomic E-state index is 0.0244. The first-order chi connectivity index (χ1) is 14.0. The van der Waals surface area contributed by atoms with E-state index in [-0.39, 0.29) is 23.1 Å². The van der Waals surface area contributed by atoms with Gasteiger partial charge in [0.1, 0.15) is 0 Å². The van der Waals surface area contributed by atoms with E-state index in [1.165, 1.54) is 4.57 Å². The summed E-state index contributed by atoms with van der Waals surface area (Å²) in [5, 5.41) is 9.23. The Bertz CT molecular complexity index is 1170. The molecule has 7 heteroatoms. The number of carbonyl (C=O) groups is 2. The molecule has 0 aliphatic carbocycles. The zero-order valence-corrected chi connectivity index (χ0v) is 16.0. The Labute approximate surface area is 167 Å². The average Bonchev–Trinajstić information content (AvgIpc) is 2.76. The summed E-state index contributed by atoms with van der Waals surface area (Å²) >= 11 is 0. The summed E-state index contributed by atoms with van der Waals surface area (Å²) in [6, 6.07) is 14.0. The second kappa shape index (κ2) is 7.50. The maximum absolute atomic E-state index is 13.1. The van der Waals surface area contributed by atoms with Crippen LogP contribution < -0.4 is 5.56 Å². The molecule has 1 aromatic heterocycles. The zero-order chi connectivity index (χ0) is 20.5. The molecule has 1 aliphatic heterocycles. The van der Waals surface area contributed by atoms with Crippen LogP contribution in [0, 0.1) is 0 Å². The number of para-hydroxylation sites is 2. The topological polar surface area (TPSA) is 92.5 Å². The van der Waals surface area contributed by atoms with Crippen LogP contribution in [0.2, 0.25) is 0 Å². The lowest BCUT2D eigenvalue weighted by Crippen LogP contribution is -2.42. The van der Waals surface area contributed by atoms with E-state index in [2.05, 4.69) is 4.98 Å². The van der Waals surface area contributed by atoms with Gasteiger partial charge in [0.25, 0.3) is 11.5 Å². The van der Waals surface area contributed by atoms with E-state index < -0.39 is 11.5 Å². The fraction of sp³-hybridized carbons (Fsp3) is 0.273. The van der Waals surface area contributed by atoms with Crippen LogP contribution in [0.5, 0.6) is 0 Å². The van der Waals surface area contributed by atoms with Crippen molar-refractivity contribution in [1.82, 2.24) is 14.5 Å². The number of carbonyl (C=O) groups excluding carboxylic acids is 1. The lowest BCUT2D eigenvalue weighted by molar-refractivity contribution is 0.0684. The van der Waals surface area contributed by atoms with E-state index in [0.29, 0.717) is 24.1 Å². The van der Waals surface area contributed by atoms with E-state index in [0.717, 1.165) is 18.4 Å². The van der Waals surface area contributed by atoms with Crippen molar-refractivity contribution < 1.29 is 14.7 Å². The van der Waals surface area contributed by atoms with Crippen molar-refractivity contribution in [2.24, 2.45) is 7.05 Å². The van der Waals surface area contributed by atoms with Crippen molar-refractivity contribution in [3.63, 3.8) is 0 Å². The molecule has 1 N–H and O–H groups in total. The number of hydrogen-bond donors (Lipinski definition) is 1. The number of aromatic nitrogens is 2. The molecule has 4 rings (SSSR count). The molecule has 1 aliphatic rings. The van der Waals surface area contributed by atoms with Crippen LogP contribution in [0.3, 0.4) is 0 Å². The molecule has 0 spiro atoms. The third kappa shape index (κ3) is 3.51. The summed E-state index contributed by atoms with van der Waals surface area (Å²) in [5.74, 6) is -1.33. The molecule has 7 nitrogen and oxygen atoms in total. The van der Waals surface area contributed by atoms with Gasteiger partial charge in [0.15, 0.2) is 5.69 Å². The number of fused-ring (bicyclic) bond motifs is 1. The summed E-state index contributed by atoms with van der Waals surface area (Å²) in [7, 11) is 1.64. The van der Waals surface area contributed by atoms with Crippen molar-refractivity contribution in [2.45, 2.75) is 18.8 Å². The van der Waals surface area contributed by atoms with Crippen molar-refractivity contribution in [3.8, 4) is 0 Å². The SMILES string of the molecule is Cn1c(=O)c(C(=O)N2CCC[C@H](c3cccc(C(=O)O)c3)C2)nc2ccccc21. The van der Waals surface area contributed by atoms with Gasteiger partial charge >= 0.3 is 5.97 Å². The van der Waals surface area contributed by atoms with Crippen LogP contribution in [0.15, 0.2) is 53.3 Å². The molecule has 148 valence electrons. The summed E-state index contributed by atoms with van der Waals surface area (Å²) in [5.41, 5.74) is 1.91. The molecule has 0 saturated carbocycles. The highest BCUT2D eigenvalue weighted by molar-refractivity contribution is 5.94. The second-order valence-electron chi connectivity index (χ2n) is 7.33. The third-order valence-corrected chi connectivity index (χ3v) is 5.50. The van der Waals surface area contributed by atoms with Crippen molar-refractivity contribution in [2.75, 3.05) is 13.1 Å². The van der Waals surface area contributed by atoms with E-state index in [1.54, 1.807) is 42.3 Å². The number of rotatable bonds is 3. The van der Waals surface area contributed by atoms with Gasteiger partial charge in [0.2, 0.25) is 0 Å². The van der Waals surface area contributed by atoms with E-state index in [9.17, 15) is 19.5 Å². The largest absolute Gasteiger partial charge is 0.478 e. The number of aromatic carboxylic acids is 1. The number of aryl methyl sites for hydroxylation is 1. The smallest absolute Gasteiger partial charge is 0.335 e. The van der Waals surface area contributed by atoms with Crippen molar-refractivity contribution in [3.05, 3.63) is 75.7 Å². The minimum atomic E-state index is -0.973. The van der Waals surface area contributed by atoms with Gasteiger partial charge < -0.3 is 14.6 Å². The first kappa shape index (κ1) is 18.9. The molecule has 1 atom stereocenters. The van der Waals surface area contributed by atoms with Gasteiger partial charge in [0, 0.05) is 26.1 Å². The standard InChI is InChI=1S/C22H21N3O4/c1-24-18-10-3-2-9-17(18)23-19(20(24)26)21(27)25-11-5-8-16(13-25)14-6-4-7-15(12-14)22(28)29/h2-4,6-7,9-10,12,16H,5,8,11,13H2,1H3,(H,28,29)/t16-/m0/s1. The van der Waals surface area contributed by atoms with E-state index in [4.69, 9.17) is 0 Å². The zero-order valence-electron chi connectivity index (χ0n) is 16.0. The van der Waals surface area contributed by atoms with Crippen molar-refractivity contribution in [1.29, 1.82) is 0 Å². The molecule has 0 unspecified atom stereocenters. The molecule has 1 amide bonds. The highest BCUT2D eigenvalue weighted by Crippen LogP contribution is 2.28. The fourth-order valence-electron chi connectivity index (χ4n) is 3.93. The van der Waals surface area contributed by atoms with Crippen LogP contribution in [0.4, 0.5) is 0 Å². The van der Waals surface area contributed by atoms with E-state index >= 15 is 0 Å². The molecular formula is C22H21N3O4. The summed E-state index contributed by atoms with van der Waals surface area (Å²) in [6.45, 7) is 0.977. The van der Waals surface area contributed by atoms with Gasteiger partial charge in [-0.1, -0.05) is 24.3 Å². The number of carboxylic acid groups (broad SMARTS) is 1. The van der Waals surface area contributed by atoms with Gasteiger partial charge in [-0.15, -0.1) is 0 Å². The number of benzene rings is 2. The van der Waals surface area contributed by atoms with Crippen LogP contribution in [-0.2, 0) is 7.05 Å². The lowest BCUT2D eigenvalue weighted by Gasteiger charge is -2.33. The average molecular weight is 391 g/mol. The molecule has 2 aromatic carbocycles. The first-order valence-corrected chi connectivity index (χ1v) is 9.54. The Morgan fingerprint density at radius 3 is 2.72 bits per heavy atom. The molecule has 0 bridgehead atoms. The maximum Gasteiger partial charge on any atom is 0.335 e. The third-order valence-electron chi connectivity index (χ3n) is 5.50.